The first kappa shape index (κ1) is 86.0. The van der Waals surface area contributed by atoms with Crippen molar-refractivity contribution in [1.82, 2.24) is 96.5 Å². The van der Waals surface area contributed by atoms with E-state index < -0.39 is 76.2 Å². The van der Waals surface area contributed by atoms with Crippen molar-refractivity contribution >= 4 is 99.4 Å². The second-order valence-electron chi connectivity index (χ2n) is 32.7. The Morgan fingerprint density at radius 1 is 0.512 bits per heavy atom. The Hall–Kier alpha value is -11.1. The number of carbonyl (C=O) groups is 3. The van der Waals surface area contributed by atoms with E-state index in [9.17, 15) is 53.2 Å². The number of aromatic nitrogens is 17. The number of rotatable bonds is 24. The van der Waals surface area contributed by atoms with Gasteiger partial charge in [0.1, 0.15) is 36.1 Å². The van der Waals surface area contributed by atoms with Crippen LogP contribution in [0.5, 0.6) is 0 Å². The summed E-state index contributed by atoms with van der Waals surface area (Å²) in [5, 5.41) is 27.9. The minimum Gasteiger partial charge on any atom is -0.383 e. The van der Waals surface area contributed by atoms with Crippen molar-refractivity contribution in [2.45, 2.75) is 143 Å². The quantitative estimate of drug-likeness (QED) is 0.0235. The number of fused-ring (bicyclic) bond motifs is 6. The van der Waals surface area contributed by atoms with E-state index in [0.29, 0.717) is 83.5 Å². The summed E-state index contributed by atoms with van der Waals surface area (Å²) in [6.07, 6.45) is 29.3. The number of thiazole rings is 2. The number of benzene rings is 2. The average molecular weight is 1800 g/mol. The summed E-state index contributed by atoms with van der Waals surface area (Å²) in [6, 6.07) is 19.7. The lowest BCUT2D eigenvalue weighted by Gasteiger charge is -2.47. The van der Waals surface area contributed by atoms with Crippen LogP contribution in [0, 0.1) is 53.5 Å². The van der Waals surface area contributed by atoms with E-state index in [0.717, 1.165) is 85.6 Å². The van der Waals surface area contributed by atoms with Crippen molar-refractivity contribution in [2.75, 3.05) is 33.5 Å². The van der Waals surface area contributed by atoms with Crippen LogP contribution in [0.4, 0.5) is 22.0 Å². The number of nitrogens with zero attached hydrogens (tertiary/aromatic N) is 20. The summed E-state index contributed by atoms with van der Waals surface area (Å²) in [4.78, 5) is 66.1. The summed E-state index contributed by atoms with van der Waals surface area (Å²) in [6.45, 7) is 3.20. The highest BCUT2D eigenvalue weighted by Gasteiger charge is 2.57. The lowest BCUT2D eigenvalue weighted by atomic mass is 9.60. The second-order valence-corrected chi connectivity index (χ2v) is 41.3. The Morgan fingerprint density at radius 3 is 1.42 bits per heavy atom. The van der Waals surface area contributed by atoms with Crippen LogP contribution < -0.4 is 0 Å². The average Bonchev–Trinajstić information content (AvgIpc) is 1.71. The number of pyridine rings is 2. The van der Waals surface area contributed by atoms with Crippen molar-refractivity contribution < 1.29 is 57.9 Å². The van der Waals surface area contributed by atoms with Crippen LogP contribution in [0.25, 0.3) is 35.3 Å². The maximum atomic E-state index is 14.5. The van der Waals surface area contributed by atoms with E-state index in [1.54, 1.807) is 119 Å². The van der Waals surface area contributed by atoms with Crippen LogP contribution in [0.15, 0.2) is 179 Å². The normalized spacial score (nSPS) is 21.7. The third-order valence-electron chi connectivity index (χ3n) is 24.7. The minimum atomic E-state index is -4.08. The molecule has 0 saturated heterocycles. The number of hydrogen-bond acceptors (Lipinski definition) is 21. The van der Waals surface area contributed by atoms with E-state index in [1.807, 2.05) is 33.0 Å². The fraction of sp³-hybridized carbons (Fsp3) is 0.356. The number of hydrogen-bond donors (Lipinski definition) is 0. The molecule has 7 aliphatic carbocycles. The molecule has 12 aromatic rings. The number of halogens is 5. The van der Waals surface area contributed by atoms with Gasteiger partial charge in [-0.15, -0.1) is 27.8 Å². The maximum Gasteiger partial charge on any atom is 0.282 e. The number of ether oxygens (including phenoxy) is 1. The number of sulfonamides is 1. The van der Waals surface area contributed by atoms with Crippen LogP contribution >= 0.6 is 22.7 Å². The molecule has 28 nitrogen and oxygen atoms in total. The van der Waals surface area contributed by atoms with Gasteiger partial charge in [-0.05, 0) is 229 Å². The predicted molar refractivity (Wildman–Crippen MR) is 462 cm³/mol. The number of Topliss-reactive ketones (excluding diaryl/α,β-unsaturated/α-hetero) is 3. The van der Waals surface area contributed by atoms with Gasteiger partial charge in [0.15, 0.2) is 25.9 Å². The summed E-state index contributed by atoms with van der Waals surface area (Å²) in [7, 11) is -3.50. The molecule has 4 fully saturated rings. The Morgan fingerprint density at radius 2 is 0.984 bits per heavy atom. The molecule has 10 heterocycles. The van der Waals surface area contributed by atoms with Gasteiger partial charge in [0.25, 0.3) is 15.2 Å². The maximum absolute atomic E-state index is 14.5. The molecule has 650 valence electrons. The van der Waals surface area contributed by atoms with Gasteiger partial charge in [0, 0.05) is 112 Å². The Balaban J connectivity index is 0.000000133. The molecule has 0 N–H and O–H groups in total. The van der Waals surface area contributed by atoms with Gasteiger partial charge in [-0.1, -0.05) is 16.7 Å². The molecule has 19 rings (SSSR count). The molecule has 2 aromatic carbocycles. The molecule has 0 aliphatic heterocycles. The van der Waals surface area contributed by atoms with Crippen LogP contribution in [0.1, 0.15) is 144 Å². The van der Waals surface area contributed by atoms with Gasteiger partial charge in [-0.2, -0.15) is 34.2 Å². The summed E-state index contributed by atoms with van der Waals surface area (Å²) < 4.78 is 145. The Labute approximate surface area is 726 Å². The molecule has 0 bridgehead atoms. The molecule has 0 radical (unpaired) electrons. The molecule has 2 unspecified atom stereocenters. The molecule has 8 atom stereocenters. The van der Waals surface area contributed by atoms with Gasteiger partial charge in [-0.3, -0.25) is 33.4 Å². The molecule has 0 spiro atoms. The number of methoxy groups -OCH3 is 1. The fourth-order valence-electron chi connectivity index (χ4n) is 18.7. The largest absolute Gasteiger partial charge is 0.383 e. The number of ketones is 3. The van der Waals surface area contributed by atoms with Crippen molar-refractivity contribution in [1.29, 1.82) is 0 Å². The molecule has 7 aliphatic rings. The van der Waals surface area contributed by atoms with Crippen LogP contribution in [0.3, 0.4) is 0 Å². The first-order valence-electron chi connectivity index (χ1n) is 40.7. The van der Waals surface area contributed by atoms with Gasteiger partial charge in [-0.25, -0.2) is 77.0 Å². The van der Waals surface area contributed by atoms with E-state index in [1.165, 1.54) is 103 Å². The molecular weight excluding hydrogens is 1710 g/mol. The van der Waals surface area contributed by atoms with Gasteiger partial charge < -0.3 is 4.74 Å². The first-order valence-corrected chi connectivity index (χ1v) is 47.1. The molecular formula is C87H89F5N20O8S5. The minimum absolute atomic E-state index is 0.00227. The van der Waals surface area contributed by atoms with Crippen molar-refractivity contribution in [2.24, 2.45) is 37.4 Å². The Kier molecular flexibility index (Phi) is 23.4. The highest BCUT2D eigenvalue weighted by Crippen LogP contribution is 2.56. The summed E-state index contributed by atoms with van der Waals surface area (Å²) in [5.74, 6) is 5.86. The fourth-order valence-corrected chi connectivity index (χ4v) is 25.7. The van der Waals surface area contributed by atoms with Gasteiger partial charge in [0.05, 0.1) is 101 Å². The monoisotopic (exact) mass is 1800 g/mol. The lowest BCUT2D eigenvalue weighted by Crippen LogP contribution is -2.51. The molecule has 10 aromatic heterocycles. The van der Waals surface area contributed by atoms with Gasteiger partial charge in [0.2, 0.25) is 17.5 Å². The third kappa shape index (κ3) is 16.3. The topological polar surface area (TPSA) is 310 Å². The van der Waals surface area contributed by atoms with Crippen molar-refractivity contribution in [3.8, 4) is 17.1 Å². The zero-order valence-electron chi connectivity index (χ0n) is 69.2. The van der Waals surface area contributed by atoms with Crippen molar-refractivity contribution in [3.05, 3.63) is 246 Å². The molecule has 4 saturated carbocycles. The number of carbonyl (C=O) groups excluding carboxylic acids is 3. The number of allylic oxidation sites excluding steroid dienone is 3. The molecule has 38 heteroatoms. The second kappa shape index (κ2) is 34.0. The Bertz CT molecular complexity index is 6630. The SMILES string of the molecule is C=S(=O)(c1ccn(C)n1)N(C1CC1)[C@H]1CCC2=Cc3c(cnn3-c3ccc(F)nc3)C[C@]2(C(=O)c2ncc(C)s2)C1.C=S(=O)(c1ccn(C)n1)N(CCF)[C@H]1CCC2=Cc3c(cnn3-c3ccc(F)cc3)C[C@]2(C(=O)c2cc(F)ccn2)C1.COCCN([C@H]1CCC2=Cc3c(cnn3-c3ccc(F)cc3)C[C@]2(C(=O)c2ncc(C)s2)C1)S(=O)(=O)c1ncn(C)n1. The number of alkyl halides is 1. The highest BCUT2D eigenvalue weighted by molar-refractivity contribution is 7.98. The lowest BCUT2D eigenvalue weighted by molar-refractivity contribution is 0.0723. The summed E-state index contributed by atoms with van der Waals surface area (Å²) >= 11 is 2.75. The predicted octanol–water partition coefficient (Wildman–Crippen LogP) is 12.6. The standard InChI is InChI=1S/C30H29F3N6O2S.C29H30FN7O2S2.C28H30FN7O4S2/c1-37-13-10-28(36-37)42(2,41)38(14-11-31)25-6-3-21-15-27-20(19-35-39(27)24-7-4-22(32)5-8-24)17-30(21,18-25)29(40)26-16-23(33)9-12-34-26;1-18-15-32-28(40-18)27(38)29-13-19-16-33-36(23-8-9-25(30)31-17-23)24(19)12-20(29)4-5-22(14-29)37(21-6-7-21)41(3,39)26-10-11-35(2)34-26;1-18-15-30-26(41-18)25(37)28-13-19-16-32-36(22-8-5-21(29)6-9-22)24(19)12-20(28)4-7-23(14-28)35(10-11-40-3)42(38,39)27-31-17-34(2)33-27/h4-5,7-10,12-13,15-16,19,25H,2-3,6,11,14,17-18H2,1H3;8-12,15-17,21-22H,3-7,13-14H2,1-2H3;5-6,8-9,12,15-17,23H,4,7,10-11,13-14H2,1-3H3/t25-,30-,42?;22-,29-,41?;23-,28-/m000/s1. The van der Waals surface area contributed by atoms with E-state index >= 15 is 0 Å². The van der Waals surface area contributed by atoms with E-state index in [-0.39, 0.29) is 95.9 Å². The van der Waals surface area contributed by atoms with Crippen molar-refractivity contribution in [3.63, 3.8) is 0 Å². The van der Waals surface area contributed by atoms with Crippen LogP contribution in [-0.4, -0.2) is 200 Å². The van der Waals surface area contributed by atoms with Crippen LogP contribution in [0.2, 0.25) is 0 Å². The van der Waals surface area contributed by atoms with E-state index in [4.69, 9.17) is 4.74 Å². The first-order chi connectivity index (χ1) is 59.9. The van der Waals surface area contributed by atoms with E-state index in [2.05, 4.69) is 77.6 Å². The zero-order valence-corrected chi connectivity index (χ0v) is 73.3. The zero-order chi connectivity index (χ0) is 87.8. The third-order valence-corrected chi connectivity index (χ3v) is 32.5. The molecule has 0 amide bonds. The smallest absolute Gasteiger partial charge is 0.282 e. The van der Waals surface area contributed by atoms with Gasteiger partial charge >= 0.3 is 0 Å². The molecule has 125 heavy (non-hydrogen) atoms. The number of aryl methyl sites for hydroxylation is 5. The summed E-state index contributed by atoms with van der Waals surface area (Å²) in [5.41, 5.74) is 6.73. The van der Waals surface area contributed by atoms with Crippen LogP contribution in [-0.2, 0) is 74.6 Å². The highest BCUT2D eigenvalue weighted by atomic mass is 32.2.